The second kappa shape index (κ2) is 9.61. The van der Waals surface area contributed by atoms with Crippen LogP contribution in [0.25, 0.3) is 22.8 Å². The van der Waals surface area contributed by atoms with Crippen LogP contribution in [0.3, 0.4) is 0 Å². The Kier molecular flexibility index (Phi) is 6.78. The summed E-state index contributed by atoms with van der Waals surface area (Å²) in [5, 5.41) is 3.39. The monoisotopic (exact) mass is 482 g/mol. The molecule has 3 aromatic rings. The zero-order valence-corrected chi connectivity index (χ0v) is 18.4. The molecule has 182 valence electrons. The normalized spacial score (nSPS) is 16.5. The summed E-state index contributed by atoms with van der Waals surface area (Å²) in [5.41, 5.74) is 2.18. The van der Waals surface area contributed by atoms with Crippen molar-refractivity contribution < 1.29 is 26.5 Å². The van der Waals surface area contributed by atoms with Gasteiger partial charge in [-0.1, -0.05) is 5.16 Å². The first-order chi connectivity index (χ1) is 16.1. The second-order valence-corrected chi connectivity index (χ2v) is 8.22. The van der Waals surface area contributed by atoms with Crippen LogP contribution in [0.4, 0.5) is 27.6 Å². The average Bonchev–Trinajstić information content (AvgIpc) is 3.32. The van der Waals surface area contributed by atoms with Gasteiger partial charge in [0.2, 0.25) is 5.82 Å². The summed E-state index contributed by atoms with van der Waals surface area (Å²) in [6.45, 7) is 2.33. The minimum atomic E-state index is -4.72. The number of nitrogens with zero attached hydrogens (tertiary/aromatic N) is 6. The van der Waals surface area contributed by atoms with E-state index in [1.54, 1.807) is 18.3 Å². The van der Waals surface area contributed by atoms with E-state index >= 15 is 0 Å². The summed E-state index contributed by atoms with van der Waals surface area (Å²) in [6.07, 6.45) is -0.932. The Hall–Kier alpha value is -3.15. The molecule has 4 rings (SSSR count). The van der Waals surface area contributed by atoms with E-state index in [0.29, 0.717) is 30.0 Å². The fourth-order valence-corrected chi connectivity index (χ4v) is 3.69. The van der Waals surface area contributed by atoms with Crippen LogP contribution in [0, 0.1) is 0 Å². The molecule has 4 heterocycles. The predicted molar refractivity (Wildman–Crippen MR) is 114 cm³/mol. The molecule has 0 spiro atoms. The minimum absolute atomic E-state index is 0.0837. The molecule has 0 N–H and O–H groups in total. The van der Waals surface area contributed by atoms with Gasteiger partial charge in [-0.05, 0) is 37.2 Å². The summed E-state index contributed by atoms with van der Waals surface area (Å²) >= 11 is 0. The van der Waals surface area contributed by atoms with Crippen LogP contribution in [-0.4, -0.2) is 64.2 Å². The van der Waals surface area contributed by atoms with E-state index in [-0.39, 0.29) is 18.7 Å². The number of likely N-dealkylation sites (tertiary alicyclic amines) is 1. The van der Waals surface area contributed by atoms with Gasteiger partial charge in [0, 0.05) is 51.3 Å². The first kappa shape index (κ1) is 24.0. The van der Waals surface area contributed by atoms with E-state index in [4.69, 9.17) is 0 Å². The van der Waals surface area contributed by atoms with Crippen LogP contribution in [0.1, 0.15) is 25.2 Å². The highest BCUT2D eigenvalue weighted by atomic mass is 19.4. The molecule has 34 heavy (non-hydrogen) atoms. The first-order valence-electron chi connectivity index (χ1n) is 10.8. The number of anilines is 1. The quantitative estimate of drug-likeness (QED) is 0.449. The molecule has 0 aliphatic carbocycles. The lowest BCUT2D eigenvalue weighted by Gasteiger charge is -2.32. The maximum atomic E-state index is 13.3. The SMILES string of the molecule is CN(CCCN1CCC(F)(F)CC1)c1ccc(-c2cc(-c3noc(C(F)(F)F)n3)ccn2)nc1. The van der Waals surface area contributed by atoms with Crippen LogP contribution < -0.4 is 4.90 Å². The zero-order valence-electron chi connectivity index (χ0n) is 18.4. The number of halogens is 5. The largest absolute Gasteiger partial charge is 0.471 e. The third kappa shape index (κ3) is 5.85. The highest BCUT2D eigenvalue weighted by molar-refractivity contribution is 5.65. The molecule has 1 fully saturated rings. The Morgan fingerprint density at radius 3 is 2.50 bits per heavy atom. The summed E-state index contributed by atoms with van der Waals surface area (Å²) in [4.78, 5) is 16.1. The Bertz CT molecular complexity index is 1090. The third-order valence-electron chi connectivity index (χ3n) is 5.69. The second-order valence-electron chi connectivity index (χ2n) is 8.22. The molecule has 3 aromatic heterocycles. The van der Waals surface area contributed by atoms with E-state index in [0.717, 1.165) is 25.2 Å². The molecular formula is C22H23F5N6O. The molecule has 0 unspecified atom stereocenters. The van der Waals surface area contributed by atoms with Gasteiger partial charge < -0.3 is 14.3 Å². The number of alkyl halides is 5. The van der Waals surface area contributed by atoms with E-state index < -0.39 is 18.0 Å². The van der Waals surface area contributed by atoms with Gasteiger partial charge in [-0.2, -0.15) is 18.2 Å². The standard InChI is InChI=1S/C22H23F5N6O/c1-32(9-2-10-33-11-6-21(23,24)7-12-33)16-3-4-17(29-14-16)18-13-15(5-8-28-18)19-30-20(34-31-19)22(25,26)27/h3-5,8,13-14H,2,6-7,9-12H2,1H3. The Labute approximate surface area is 192 Å². The smallest absolute Gasteiger partial charge is 0.373 e. The van der Waals surface area contributed by atoms with Gasteiger partial charge in [0.15, 0.2) is 0 Å². The van der Waals surface area contributed by atoms with Gasteiger partial charge in [0.1, 0.15) is 0 Å². The number of aromatic nitrogens is 4. The average molecular weight is 482 g/mol. The summed E-state index contributed by atoms with van der Waals surface area (Å²) in [5.74, 6) is -4.14. The van der Waals surface area contributed by atoms with Crippen LogP contribution in [0.15, 0.2) is 41.2 Å². The first-order valence-corrected chi connectivity index (χ1v) is 10.8. The summed E-state index contributed by atoms with van der Waals surface area (Å²) < 4.78 is 68.9. The van der Waals surface area contributed by atoms with Gasteiger partial charge >= 0.3 is 12.1 Å². The van der Waals surface area contributed by atoms with Gasteiger partial charge in [-0.3, -0.25) is 9.97 Å². The van der Waals surface area contributed by atoms with Crippen molar-refractivity contribution in [2.45, 2.75) is 31.4 Å². The molecule has 0 saturated carbocycles. The van der Waals surface area contributed by atoms with E-state index in [9.17, 15) is 22.0 Å². The molecule has 1 saturated heterocycles. The zero-order chi connectivity index (χ0) is 24.3. The maximum absolute atomic E-state index is 13.3. The van der Waals surface area contributed by atoms with Crippen molar-refractivity contribution in [2.24, 2.45) is 0 Å². The van der Waals surface area contributed by atoms with Crippen molar-refractivity contribution in [3.05, 3.63) is 42.5 Å². The molecule has 0 atom stereocenters. The molecule has 1 aliphatic heterocycles. The highest BCUT2D eigenvalue weighted by Gasteiger charge is 2.38. The summed E-state index contributed by atoms with van der Waals surface area (Å²) in [7, 11) is 1.92. The number of piperidine rings is 1. The predicted octanol–water partition coefficient (Wildman–Crippen LogP) is 4.77. The molecule has 0 aromatic carbocycles. The highest BCUT2D eigenvalue weighted by Crippen LogP contribution is 2.30. The summed E-state index contributed by atoms with van der Waals surface area (Å²) in [6, 6.07) is 6.66. The molecule has 7 nitrogen and oxygen atoms in total. The molecule has 0 amide bonds. The van der Waals surface area contributed by atoms with Crippen LogP contribution >= 0.6 is 0 Å². The lowest BCUT2D eigenvalue weighted by Crippen LogP contribution is -2.40. The minimum Gasteiger partial charge on any atom is -0.373 e. The van der Waals surface area contributed by atoms with Gasteiger partial charge in [0.05, 0.1) is 23.3 Å². The van der Waals surface area contributed by atoms with Crippen molar-refractivity contribution in [1.29, 1.82) is 0 Å². The van der Waals surface area contributed by atoms with Crippen molar-refractivity contribution in [2.75, 3.05) is 38.1 Å². The molecule has 0 bridgehead atoms. The molecule has 0 radical (unpaired) electrons. The topological polar surface area (TPSA) is 71.2 Å². The van der Waals surface area contributed by atoms with Gasteiger partial charge in [-0.15, -0.1) is 0 Å². The van der Waals surface area contributed by atoms with Crippen LogP contribution in [-0.2, 0) is 6.18 Å². The maximum Gasteiger partial charge on any atom is 0.471 e. The van der Waals surface area contributed by atoms with Crippen molar-refractivity contribution in [1.82, 2.24) is 25.0 Å². The number of hydrogen-bond acceptors (Lipinski definition) is 7. The lowest BCUT2D eigenvalue weighted by atomic mass is 10.1. The van der Waals surface area contributed by atoms with Gasteiger partial charge in [0.25, 0.3) is 5.92 Å². The Morgan fingerprint density at radius 2 is 1.85 bits per heavy atom. The fourth-order valence-electron chi connectivity index (χ4n) is 3.69. The van der Waals surface area contributed by atoms with Crippen molar-refractivity contribution in [3.8, 4) is 22.8 Å². The van der Waals surface area contributed by atoms with Crippen molar-refractivity contribution in [3.63, 3.8) is 0 Å². The number of hydrogen-bond donors (Lipinski definition) is 0. The molecule has 1 aliphatic rings. The molecule has 12 heteroatoms. The Balaban J connectivity index is 1.35. The van der Waals surface area contributed by atoms with E-state index in [2.05, 4.69) is 29.5 Å². The lowest BCUT2D eigenvalue weighted by molar-refractivity contribution is -0.159. The number of rotatable bonds is 7. The third-order valence-corrected chi connectivity index (χ3v) is 5.69. The molecular weight excluding hydrogens is 459 g/mol. The van der Waals surface area contributed by atoms with Crippen molar-refractivity contribution >= 4 is 5.69 Å². The van der Waals surface area contributed by atoms with Gasteiger partial charge in [-0.25, -0.2) is 8.78 Å². The van der Waals surface area contributed by atoms with E-state index in [1.165, 1.54) is 12.3 Å². The van der Waals surface area contributed by atoms with E-state index in [1.807, 2.05) is 18.0 Å². The fraction of sp³-hybridized carbons (Fsp3) is 0.455. The van der Waals surface area contributed by atoms with Crippen LogP contribution in [0.5, 0.6) is 0 Å². The van der Waals surface area contributed by atoms with Crippen LogP contribution in [0.2, 0.25) is 0 Å². The Morgan fingerprint density at radius 1 is 1.09 bits per heavy atom. The number of pyridine rings is 2.